The summed E-state index contributed by atoms with van der Waals surface area (Å²) in [4.78, 5) is 8.47. The van der Waals surface area contributed by atoms with E-state index in [1.165, 1.54) is 0 Å². The second kappa shape index (κ2) is 7.16. The normalized spacial score (nSPS) is 12.6. The molecule has 0 unspecified atom stereocenters. The maximum absolute atomic E-state index is 9.34. The van der Waals surface area contributed by atoms with Crippen molar-refractivity contribution in [2.45, 2.75) is 40.2 Å². The fraction of sp³-hybridized carbons (Fsp3) is 0.692. The van der Waals surface area contributed by atoms with Gasteiger partial charge >= 0.3 is 0 Å². The molecule has 1 atom stereocenters. The van der Waals surface area contributed by atoms with E-state index in [2.05, 4.69) is 41.4 Å². The van der Waals surface area contributed by atoms with Crippen LogP contribution < -0.4 is 10.6 Å². The van der Waals surface area contributed by atoms with Crippen molar-refractivity contribution >= 4 is 11.6 Å². The lowest BCUT2D eigenvalue weighted by molar-refractivity contribution is 0.249. The van der Waals surface area contributed by atoms with Crippen LogP contribution in [-0.2, 0) is 0 Å². The molecule has 1 heterocycles. The van der Waals surface area contributed by atoms with E-state index in [0.717, 1.165) is 30.2 Å². The maximum atomic E-state index is 9.34. The molecule has 3 N–H and O–H groups in total. The minimum absolute atomic E-state index is 0.0117. The van der Waals surface area contributed by atoms with Gasteiger partial charge in [-0.25, -0.2) is 9.97 Å². The van der Waals surface area contributed by atoms with E-state index in [1.807, 2.05) is 6.92 Å². The number of anilines is 2. The van der Waals surface area contributed by atoms with Gasteiger partial charge in [-0.2, -0.15) is 0 Å². The molecule has 1 rings (SSSR count). The molecule has 102 valence electrons. The van der Waals surface area contributed by atoms with Gasteiger partial charge in [0.2, 0.25) is 0 Å². The summed E-state index contributed by atoms with van der Waals surface area (Å²) in [6.07, 6.45) is 2.60. The third-order valence-electron chi connectivity index (χ3n) is 2.95. The third kappa shape index (κ3) is 3.84. The molecule has 0 aliphatic carbocycles. The first-order chi connectivity index (χ1) is 8.60. The minimum atomic E-state index is 0.0117. The Balaban J connectivity index is 2.82. The summed E-state index contributed by atoms with van der Waals surface area (Å²) >= 11 is 0. The number of nitrogens with one attached hydrogen (secondary N) is 2. The van der Waals surface area contributed by atoms with E-state index in [0.29, 0.717) is 5.92 Å². The predicted octanol–water partition coefficient (Wildman–Crippen LogP) is 2.04. The van der Waals surface area contributed by atoms with Crippen LogP contribution >= 0.6 is 0 Å². The van der Waals surface area contributed by atoms with Crippen molar-refractivity contribution < 1.29 is 5.11 Å². The lowest BCUT2D eigenvalue weighted by atomic mass is 10.1. The van der Waals surface area contributed by atoms with Crippen molar-refractivity contribution in [3.05, 3.63) is 11.9 Å². The summed E-state index contributed by atoms with van der Waals surface area (Å²) in [6, 6.07) is 0.0117. The number of aliphatic hydroxyl groups excluding tert-OH is 1. The number of nitrogens with zero attached hydrogens (tertiary/aromatic N) is 2. The molecule has 5 heteroatoms. The molecule has 1 aromatic heterocycles. The van der Waals surface area contributed by atoms with E-state index in [4.69, 9.17) is 0 Å². The van der Waals surface area contributed by atoms with Crippen LogP contribution in [0.1, 0.15) is 32.8 Å². The average Bonchev–Trinajstić information content (AvgIpc) is 2.35. The van der Waals surface area contributed by atoms with Gasteiger partial charge in [0.1, 0.15) is 18.0 Å². The van der Waals surface area contributed by atoms with E-state index in [1.54, 1.807) is 6.33 Å². The molecule has 0 amide bonds. The van der Waals surface area contributed by atoms with Gasteiger partial charge in [0, 0.05) is 12.1 Å². The fourth-order valence-electron chi connectivity index (χ4n) is 1.62. The second-order valence-electron chi connectivity index (χ2n) is 4.80. The highest BCUT2D eigenvalue weighted by molar-refractivity contribution is 5.56. The SMILES string of the molecule is CCCNc1ncnc(N[C@H](CO)C(C)C)c1C. The Labute approximate surface area is 109 Å². The molecule has 1 aromatic rings. The van der Waals surface area contributed by atoms with Crippen molar-refractivity contribution in [1.82, 2.24) is 9.97 Å². The molecular weight excluding hydrogens is 228 g/mol. The molecule has 0 spiro atoms. The molecule has 0 fully saturated rings. The zero-order valence-electron chi connectivity index (χ0n) is 11.7. The van der Waals surface area contributed by atoms with Crippen molar-refractivity contribution in [3.63, 3.8) is 0 Å². The van der Waals surface area contributed by atoms with Gasteiger partial charge < -0.3 is 15.7 Å². The van der Waals surface area contributed by atoms with Gasteiger partial charge in [0.25, 0.3) is 0 Å². The third-order valence-corrected chi connectivity index (χ3v) is 2.95. The minimum Gasteiger partial charge on any atom is -0.394 e. The van der Waals surface area contributed by atoms with Crippen molar-refractivity contribution in [1.29, 1.82) is 0 Å². The van der Waals surface area contributed by atoms with Crippen LogP contribution in [0.2, 0.25) is 0 Å². The Morgan fingerprint density at radius 2 is 1.94 bits per heavy atom. The quantitative estimate of drug-likeness (QED) is 0.692. The number of rotatable bonds is 7. The highest BCUT2D eigenvalue weighted by atomic mass is 16.3. The van der Waals surface area contributed by atoms with Gasteiger partial charge in [-0.1, -0.05) is 20.8 Å². The first kappa shape index (κ1) is 14.7. The molecule has 0 aliphatic heterocycles. The molecule has 0 aliphatic rings. The number of aliphatic hydroxyl groups is 1. The second-order valence-corrected chi connectivity index (χ2v) is 4.80. The Kier molecular flexibility index (Phi) is 5.85. The van der Waals surface area contributed by atoms with Crippen LogP contribution in [0.5, 0.6) is 0 Å². The number of hydrogen-bond acceptors (Lipinski definition) is 5. The molecule has 0 saturated heterocycles. The molecule has 0 saturated carbocycles. The topological polar surface area (TPSA) is 70.1 Å². The van der Waals surface area contributed by atoms with E-state index >= 15 is 0 Å². The number of hydrogen-bond donors (Lipinski definition) is 3. The van der Waals surface area contributed by atoms with E-state index in [9.17, 15) is 5.11 Å². The van der Waals surface area contributed by atoms with Crippen LogP contribution in [0, 0.1) is 12.8 Å². The summed E-state index contributed by atoms with van der Waals surface area (Å²) in [5.74, 6) is 1.99. The van der Waals surface area contributed by atoms with Crippen LogP contribution in [0.15, 0.2) is 6.33 Å². The summed E-state index contributed by atoms with van der Waals surface area (Å²) in [6.45, 7) is 9.23. The summed E-state index contributed by atoms with van der Waals surface area (Å²) in [5, 5.41) is 15.9. The number of aromatic nitrogens is 2. The molecule has 18 heavy (non-hydrogen) atoms. The maximum Gasteiger partial charge on any atom is 0.134 e. The predicted molar refractivity (Wildman–Crippen MR) is 74.9 cm³/mol. The lowest BCUT2D eigenvalue weighted by Gasteiger charge is -2.22. The fourth-order valence-corrected chi connectivity index (χ4v) is 1.62. The molecular formula is C13H24N4O. The summed E-state index contributed by atoms with van der Waals surface area (Å²) in [7, 11) is 0. The monoisotopic (exact) mass is 252 g/mol. The van der Waals surface area contributed by atoms with Crippen LogP contribution in [0.4, 0.5) is 11.6 Å². The summed E-state index contributed by atoms with van der Waals surface area (Å²) in [5.41, 5.74) is 0.991. The van der Waals surface area contributed by atoms with Crippen LogP contribution in [-0.4, -0.2) is 34.3 Å². The molecule has 0 radical (unpaired) electrons. The highest BCUT2D eigenvalue weighted by Gasteiger charge is 2.15. The van der Waals surface area contributed by atoms with E-state index in [-0.39, 0.29) is 12.6 Å². The highest BCUT2D eigenvalue weighted by Crippen LogP contribution is 2.20. The van der Waals surface area contributed by atoms with E-state index < -0.39 is 0 Å². The smallest absolute Gasteiger partial charge is 0.134 e. The Bertz CT molecular complexity index is 368. The Morgan fingerprint density at radius 1 is 1.28 bits per heavy atom. The van der Waals surface area contributed by atoms with Gasteiger partial charge in [-0.3, -0.25) is 0 Å². The lowest BCUT2D eigenvalue weighted by Crippen LogP contribution is -2.30. The van der Waals surface area contributed by atoms with Crippen molar-refractivity contribution in [3.8, 4) is 0 Å². The van der Waals surface area contributed by atoms with Gasteiger partial charge in [0.05, 0.1) is 12.6 Å². The molecule has 0 bridgehead atoms. The zero-order valence-corrected chi connectivity index (χ0v) is 11.7. The zero-order chi connectivity index (χ0) is 13.5. The van der Waals surface area contributed by atoms with Gasteiger partial charge in [-0.05, 0) is 19.3 Å². The Morgan fingerprint density at radius 3 is 2.50 bits per heavy atom. The van der Waals surface area contributed by atoms with Gasteiger partial charge in [-0.15, -0.1) is 0 Å². The van der Waals surface area contributed by atoms with Crippen LogP contribution in [0.3, 0.4) is 0 Å². The van der Waals surface area contributed by atoms with Crippen molar-refractivity contribution in [2.75, 3.05) is 23.8 Å². The Hall–Kier alpha value is -1.36. The summed E-state index contributed by atoms with van der Waals surface area (Å²) < 4.78 is 0. The molecule has 5 nitrogen and oxygen atoms in total. The standard InChI is InChI=1S/C13H24N4O/c1-5-6-14-12-10(4)13(16-8-15-12)17-11(7-18)9(2)3/h8-9,11,18H,5-7H2,1-4H3,(H2,14,15,16,17)/t11-/m1/s1. The average molecular weight is 252 g/mol. The van der Waals surface area contributed by atoms with Crippen LogP contribution in [0.25, 0.3) is 0 Å². The largest absolute Gasteiger partial charge is 0.394 e. The van der Waals surface area contributed by atoms with Gasteiger partial charge in [0.15, 0.2) is 0 Å². The first-order valence-corrected chi connectivity index (χ1v) is 6.53. The van der Waals surface area contributed by atoms with Crippen molar-refractivity contribution in [2.24, 2.45) is 5.92 Å². The molecule has 0 aromatic carbocycles. The first-order valence-electron chi connectivity index (χ1n) is 6.53.